The number of rotatable bonds is 5. The van der Waals surface area contributed by atoms with Gasteiger partial charge in [-0.25, -0.2) is 0 Å². The Labute approximate surface area is 131 Å². The summed E-state index contributed by atoms with van der Waals surface area (Å²) in [6, 6.07) is 14.0. The van der Waals surface area contributed by atoms with E-state index in [1.54, 1.807) is 4.68 Å². The highest BCUT2D eigenvalue weighted by atomic mass is 32.2. The topological polar surface area (TPSA) is 72.7 Å². The van der Waals surface area contributed by atoms with Crippen LogP contribution in [0.25, 0.3) is 16.5 Å². The van der Waals surface area contributed by atoms with Gasteiger partial charge in [-0.05, 0) is 28.8 Å². The maximum Gasteiger partial charge on any atom is 0.230 e. The summed E-state index contributed by atoms with van der Waals surface area (Å²) < 4.78 is 1.67. The molecular weight excluding hydrogens is 298 g/mol. The quantitative estimate of drug-likeness (QED) is 0.730. The third-order valence-electron chi connectivity index (χ3n) is 3.14. The average Bonchev–Trinajstić information content (AvgIpc) is 3.01. The van der Waals surface area contributed by atoms with E-state index < -0.39 is 0 Å². The summed E-state index contributed by atoms with van der Waals surface area (Å²) in [7, 11) is 0. The van der Waals surface area contributed by atoms with Crippen LogP contribution in [-0.4, -0.2) is 38.4 Å². The number of tetrazole rings is 1. The summed E-state index contributed by atoms with van der Waals surface area (Å²) in [6.45, 7) is 2.51. The average molecular weight is 313 g/mol. The molecule has 0 fully saturated rings. The Morgan fingerprint density at radius 1 is 1.23 bits per heavy atom. The van der Waals surface area contributed by atoms with Crippen LogP contribution in [0.1, 0.15) is 6.92 Å². The molecule has 0 atom stereocenters. The first-order valence-electron chi connectivity index (χ1n) is 6.95. The Bertz CT molecular complexity index is 796. The highest BCUT2D eigenvalue weighted by Gasteiger charge is 2.13. The molecule has 1 heterocycles. The minimum Gasteiger partial charge on any atom is -0.356 e. The zero-order chi connectivity index (χ0) is 15.4. The number of hydrogen-bond acceptors (Lipinski definition) is 5. The van der Waals surface area contributed by atoms with E-state index in [0.717, 1.165) is 16.5 Å². The number of hydrogen-bond donors (Lipinski definition) is 1. The molecule has 0 aliphatic heterocycles. The van der Waals surface area contributed by atoms with Crippen molar-refractivity contribution in [2.45, 2.75) is 12.1 Å². The lowest BCUT2D eigenvalue weighted by atomic mass is 10.1. The Hall–Kier alpha value is -2.41. The zero-order valence-electron chi connectivity index (χ0n) is 12.1. The fourth-order valence-electron chi connectivity index (χ4n) is 2.19. The van der Waals surface area contributed by atoms with Crippen molar-refractivity contribution in [3.05, 3.63) is 42.5 Å². The molecule has 0 unspecified atom stereocenters. The zero-order valence-corrected chi connectivity index (χ0v) is 12.9. The lowest BCUT2D eigenvalue weighted by Crippen LogP contribution is -2.24. The van der Waals surface area contributed by atoms with E-state index in [0.29, 0.717) is 17.5 Å². The highest BCUT2D eigenvalue weighted by molar-refractivity contribution is 7.99. The van der Waals surface area contributed by atoms with Gasteiger partial charge in [-0.3, -0.25) is 4.79 Å². The van der Waals surface area contributed by atoms with Crippen LogP contribution in [0, 0.1) is 0 Å². The van der Waals surface area contributed by atoms with Crippen LogP contribution in [0.4, 0.5) is 0 Å². The number of fused-ring (bicyclic) bond motifs is 1. The number of nitrogens with one attached hydrogen (secondary N) is 1. The molecule has 0 saturated carbocycles. The molecule has 2 aromatic carbocycles. The number of thioether (sulfide) groups is 1. The van der Waals surface area contributed by atoms with Crippen LogP contribution in [-0.2, 0) is 4.79 Å². The molecule has 7 heteroatoms. The van der Waals surface area contributed by atoms with Crippen molar-refractivity contribution in [2.75, 3.05) is 12.3 Å². The molecule has 1 aromatic heterocycles. The summed E-state index contributed by atoms with van der Waals surface area (Å²) in [6.07, 6.45) is 0. The number of benzene rings is 2. The van der Waals surface area contributed by atoms with Crippen molar-refractivity contribution >= 4 is 28.4 Å². The summed E-state index contributed by atoms with van der Waals surface area (Å²) in [5.74, 6) is 0.263. The number of carbonyl (C=O) groups is 1. The number of amides is 1. The number of aromatic nitrogens is 4. The molecule has 0 aliphatic rings. The van der Waals surface area contributed by atoms with Crippen LogP contribution in [0.2, 0.25) is 0 Å². The van der Waals surface area contributed by atoms with E-state index in [-0.39, 0.29) is 5.91 Å². The van der Waals surface area contributed by atoms with Gasteiger partial charge in [0.15, 0.2) is 0 Å². The van der Waals surface area contributed by atoms with E-state index in [2.05, 4.69) is 20.8 Å². The Balaban J connectivity index is 1.92. The second-order valence-electron chi connectivity index (χ2n) is 4.61. The van der Waals surface area contributed by atoms with E-state index >= 15 is 0 Å². The van der Waals surface area contributed by atoms with Crippen LogP contribution in [0.3, 0.4) is 0 Å². The van der Waals surface area contributed by atoms with Gasteiger partial charge in [0.05, 0.1) is 11.4 Å². The maximum absolute atomic E-state index is 11.6. The molecule has 3 aromatic rings. The Kier molecular flexibility index (Phi) is 4.34. The van der Waals surface area contributed by atoms with Crippen molar-refractivity contribution in [2.24, 2.45) is 0 Å². The third kappa shape index (κ3) is 2.94. The van der Waals surface area contributed by atoms with E-state index in [1.807, 2.05) is 49.4 Å². The molecule has 22 heavy (non-hydrogen) atoms. The Morgan fingerprint density at radius 2 is 2.05 bits per heavy atom. The summed E-state index contributed by atoms with van der Waals surface area (Å²) in [5, 5.41) is 17.4. The molecule has 6 nitrogen and oxygen atoms in total. The normalized spacial score (nSPS) is 10.8. The van der Waals surface area contributed by atoms with Crippen molar-refractivity contribution in [3.8, 4) is 5.69 Å². The van der Waals surface area contributed by atoms with Crippen LogP contribution < -0.4 is 5.32 Å². The second kappa shape index (κ2) is 6.57. The van der Waals surface area contributed by atoms with Gasteiger partial charge in [0.25, 0.3) is 0 Å². The molecule has 1 N–H and O–H groups in total. The standard InChI is InChI=1S/C15H15N5OS/c1-2-16-14(21)10-22-15-17-18-19-20(15)13-9-5-7-11-6-3-4-8-12(11)13/h3-9H,2,10H2,1H3,(H,16,21). The van der Waals surface area contributed by atoms with Gasteiger partial charge in [0, 0.05) is 11.9 Å². The lowest BCUT2D eigenvalue weighted by Gasteiger charge is -2.07. The van der Waals surface area contributed by atoms with Gasteiger partial charge >= 0.3 is 0 Å². The van der Waals surface area contributed by atoms with Gasteiger partial charge in [-0.2, -0.15) is 4.68 Å². The van der Waals surface area contributed by atoms with Crippen molar-refractivity contribution in [3.63, 3.8) is 0 Å². The minimum atomic E-state index is -0.0278. The summed E-state index contributed by atoms with van der Waals surface area (Å²) >= 11 is 1.32. The molecule has 112 valence electrons. The minimum absolute atomic E-state index is 0.0278. The first-order valence-corrected chi connectivity index (χ1v) is 7.94. The molecule has 0 spiro atoms. The molecule has 0 aliphatic carbocycles. The van der Waals surface area contributed by atoms with Gasteiger partial charge < -0.3 is 5.32 Å². The molecule has 0 saturated heterocycles. The van der Waals surface area contributed by atoms with E-state index in [1.165, 1.54) is 11.8 Å². The number of carbonyl (C=O) groups excluding carboxylic acids is 1. The van der Waals surface area contributed by atoms with Crippen LogP contribution >= 0.6 is 11.8 Å². The van der Waals surface area contributed by atoms with Crippen molar-refractivity contribution in [1.82, 2.24) is 25.5 Å². The van der Waals surface area contributed by atoms with E-state index in [4.69, 9.17) is 0 Å². The predicted octanol–water partition coefficient (Wildman–Crippen LogP) is 2.04. The van der Waals surface area contributed by atoms with Gasteiger partial charge in [-0.15, -0.1) is 5.10 Å². The monoisotopic (exact) mass is 313 g/mol. The molecular formula is C15H15N5OS. The molecule has 0 bridgehead atoms. The largest absolute Gasteiger partial charge is 0.356 e. The molecule has 3 rings (SSSR count). The van der Waals surface area contributed by atoms with Crippen molar-refractivity contribution < 1.29 is 4.79 Å². The predicted molar refractivity (Wildman–Crippen MR) is 86.1 cm³/mol. The SMILES string of the molecule is CCNC(=O)CSc1nnnn1-c1cccc2ccccc12. The fraction of sp³-hybridized carbons (Fsp3) is 0.200. The third-order valence-corrected chi connectivity index (χ3v) is 4.06. The van der Waals surface area contributed by atoms with Gasteiger partial charge in [0.1, 0.15) is 0 Å². The smallest absolute Gasteiger partial charge is 0.230 e. The van der Waals surface area contributed by atoms with Crippen LogP contribution in [0.15, 0.2) is 47.6 Å². The first-order chi connectivity index (χ1) is 10.8. The van der Waals surface area contributed by atoms with Crippen LogP contribution in [0.5, 0.6) is 0 Å². The fourth-order valence-corrected chi connectivity index (χ4v) is 2.91. The van der Waals surface area contributed by atoms with Crippen molar-refractivity contribution in [1.29, 1.82) is 0 Å². The molecule has 1 amide bonds. The first kappa shape index (κ1) is 14.5. The maximum atomic E-state index is 11.6. The van der Waals surface area contributed by atoms with E-state index in [9.17, 15) is 4.79 Å². The van der Waals surface area contributed by atoms with Gasteiger partial charge in [-0.1, -0.05) is 48.2 Å². The second-order valence-corrected chi connectivity index (χ2v) is 5.56. The number of nitrogens with zero attached hydrogens (tertiary/aromatic N) is 4. The summed E-state index contributed by atoms with van der Waals surface area (Å²) in [4.78, 5) is 11.6. The Morgan fingerprint density at radius 3 is 2.91 bits per heavy atom. The lowest BCUT2D eigenvalue weighted by molar-refractivity contribution is -0.118. The highest BCUT2D eigenvalue weighted by Crippen LogP contribution is 2.24. The molecule has 0 radical (unpaired) electrons. The summed E-state index contributed by atoms with van der Waals surface area (Å²) in [5.41, 5.74) is 0.904. The van der Waals surface area contributed by atoms with Gasteiger partial charge in [0.2, 0.25) is 11.1 Å².